The Bertz CT molecular complexity index is 572. The maximum Gasteiger partial charge on any atom is 0.240 e. The van der Waals surface area contributed by atoms with Crippen LogP contribution < -0.4 is 0 Å². The second-order valence-corrected chi connectivity index (χ2v) is 5.90. The highest BCUT2D eigenvalue weighted by molar-refractivity contribution is 5.82. The van der Waals surface area contributed by atoms with Gasteiger partial charge in [-0.15, -0.1) is 0 Å². The van der Waals surface area contributed by atoms with Crippen LogP contribution in [0.2, 0.25) is 0 Å². The molecule has 2 aromatic heterocycles. The smallest absolute Gasteiger partial charge is 0.240 e. The predicted molar refractivity (Wildman–Crippen MR) is 83.5 cm³/mol. The van der Waals surface area contributed by atoms with Gasteiger partial charge in [0.25, 0.3) is 0 Å². The molecule has 23 heavy (non-hydrogen) atoms. The molecule has 2 atom stereocenters. The van der Waals surface area contributed by atoms with E-state index in [-0.39, 0.29) is 18.1 Å². The first-order valence-corrected chi connectivity index (χ1v) is 7.74. The van der Waals surface area contributed by atoms with Crippen molar-refractivity contribution in [2.24, 2.45) is 0 Å². The van der Waals surface area contributed by atoms with Crippen molar-refractivity contribution in [3.8, 4) is 0 Å². The number of carbonyl (C=O) groups is 1. The van der Waals surface area contributed by atoms with E-state index in [1.807, 2.05) is 36.2 Å². The van der Waals surface area contributed by atoms with Gasteiger partial charge in [-0.2, -0.15) is 0 Å². The standard InChI is InChI=1S/C17H22N2O4/c1-18-10-15(21-2)9-16(18)17(20)19(11-13-5-3-7-22-13)12-14-6-4-8-23-14/h3-8,15-16H,9-12H2,1-2H3/t15-,16-/m0/s1. The van der Waals surface area contributed by atoms with Gasteiger partial charge in [-0.25, -0.2) is 0 Å². The molecule has 1 aliphatic rings. The first-order chi connectivity index (χ1) is 11.2. The minimum Gasteiger partial charge on any atom is -0.467 e. The molecule has 0 saturated carbocycles. The first kappa shape index (κ1) is 15.8. The van der Waals surface area contributed by atoms with Gasteiger partial charge in [0.2, 0.25) is 5.91 Å². The lowest BCUT2D eigenvalue weighted by Gasteiger charge is -2.27. The minimum absolute atomic E-state index is 0.0693. The van der Waals surface area contributed by atoms with Crippen LogP contribution in [0.3, 0.4) is 0 Å². The van der Waals surface area contributed by atoms with E-state index in [0.717, 1.165) is 18.1 Å². The number of furan rings is 2. The van der Waals surface area contributed by atoms with Crippen molar-refractivity contribution in [3.63, 3.8) is 0 Å². The van der Waals surface area contributed by atoms with Crippen LogP contribution in [0.4, 0.5) is 0 Å². The third-order valence-corrected chi connectivity index (χ3v) is 4.29. The van der Waals surface area contributed by atoms with Crippen LogP contribution in [0.25, 0.3) is 0 Å². The molecule has 0 spiro atoms. The summed E-state index contributed by atoms with van der Waals surface area (Å²) in [5, 5.41) is 0. The summed E-state index contributed by atoms with van der Waals surface area (Å²) in [5.74, 6) is 1.59. The van der Waals surface area contributed by atoms with E-state index in [2.05, 4.69) is 0 Å². The largest absolute Gasteiger partial charge is 0.467 e. The van der Waals surface area contributed by atoms with Crippen LogP contribution in [0.5, 0.6) is 0 Å². The van der Waals surface area contributed by atoms with Gasteiger partial charge in [-0.3, -0.25) is 9.69 Å². The highest BCUT2D eigenvalue weighted by Gasteiger charge is 2.37. The van der Waals surface area contributed by atoms with Gasteiger partial charge in [0, 0.05) is 13.7 Å². The lowest BCUT2D eigenvalue weighted by atomic mass is 10.1. The molecule has 1 aliphatic heterocycles. The fourth-order valence-corrected chi connectivity index (χ4v) is 3.02. The highest BCUT2D eigenvalue weighted by Crippen LogP contribution is 2.22. The lowest BCUT2D eigenvalue weighted by molar-refractivity contribution is -0.137. The van der Waals surface area contributed by atoms with E-state index in [1.165, 1.54) is 0 Å². The molecule has 0 bridgehead atoms. The lowest BCUT2D eigenvalue weighted by Crippen LogP contribution is -2.43. The van der Waals surface area contributed by atoms with E-state index >= 15 is 0 Å². The van der Waals surface area contributed by atoms with Gasteiger partial charge in [-0.05, 0) is 37.7 Å². The van der Waals surface area contributed by atoms with Gasteiger partial charge in [0.1, 0.15) is 11.5 Å². The zero-order chi connectivity index (χ0) is 16.2. The van der Waals surface area contributed by atoms with Crippen LogP contribution in [0.15, 0.2) is 45.6 Å². The summed E-state index contributed by atoms with van der Waals surface area (Å²) in [7, 11) is 3.65. The Morgan fingerprint density at radius 3 is 2.30 bits per heavy atom. The SMILES string of the molecule is CO[C@H]1C[C@@H](C(=O)N(Cc2ccco2)Cc2ccco2)N(C)C1. The fraction of sp³-hybridized carbons (Fsp3) is 0.471. The predicted octanol–water partition coefficient (Wildman–Crippen LogP) is 2.12. The average Bonchev–Trinajstić information content (AvgIpc) is 3.27. The van der Waals surface area contributed by atoms with Crippen molar-refractivity contribution in [2.75, 3.05) is 20.7 Å². The first-order valence-electron chi connectivity index (χ1n) is 7.74. The second kappa shape index (κ2) is 7.02. The van der Waals surface area contributed by atoms with Gasteiger partial charge in [-0.1, -0.05) is 0 Å². The number of hydrogen-bond donors (Lipinski definition) is 0. The molecule has 0 radical (unpaired) electrons. The average molecular weight is 318 g/mol. The van der Waals surface area contributed by atoms with Crippen molar-refractivity contribution in [1.29, 1.82) is 0 Å². The van der Waals surface area contributed by atoms with Crippen molar-refractivity contribution in [3.05, 3.63) is 48.3 Å². The van der Waals surface area contributed by atoms with E-state index in [4.69, 9.17) is 13.6 Å². The Kier molecular flexibility index (Phi) is 4.83. The number of likely N-dealkylation sites (tertiary alicyclic amines) is 1. The molecule has 6 heteroatoms. The Balaban J connectivity index is 1.75. The Morgan fingerprint density at radius 2 is 1.87 bits per heavy atom. The maximum absolute atomic E-state index is 13.0. The molecule has 0 unspecified atom stereocenters. The number of methoxy groups -OCH3 is 1. The van der Waals surface area contributed by atoms with Crippen LogP contribution in [-0.4, -0.2) is 48.6 Å². The summed E-state index contributed by atoms with van der Waals surface area (Å²) in [5.41, 5.74) is 0. The van der Waals surface area contributed by atoms with Gasteiger partial charge < -0.3 is 18.5 Å². The molecule has 3 rings (SSSR count). The van der Waals surface area contributed by atoms with Crippen molar-refractivity contribution < 1.29 is 18.4 Å². The molecule has 6 nitrogen and oxygen atoms in total. The number of amides is 1. The summed E-state index contributed by atoms with van der Waals surface area (Å²) in [6.07, 6.45) is 4.04. The number of ether oxygens (including phenoxy) is 1. The van der Waals surface area contributed by atoms with Crippen molar-refractivity contribution >= 4 is 5.91 Å². The second-order valence-electron chi connectivity index (χ2n) is 5.90. The Labute approximate surface area is 135 Å². The summed E-state index contributed by atoms with van der Waals surface area (Å²) in [6, 6.07) is 7.23. The van der Waals surface area contributed by atoms with Crippen LogP contribution in [0, 0.1) is 0 Å². The monoisotopic (exact) mass is 318 g/mol. The molecule has 3 heterocycles. The summed E-state index contributed by atoms with van der Waals surface area (Å²) in [6.45, 7) is 1.62. The van der Waals surface area contributed by atoms with Gasteiger partial charge in [0.15, 0.2) is 0 Å². The molecule has 1 amide bonds. The minimum atomic E-state index is -0.176. The molecular formula is C17H22N2O4. The number of rotatable bonds is 6. The van der Waals surface area contributed by atoms with Crippen LogP contribution in [-0.2, 0) is 22.6 Å². The molecule has 1 saturated heterocycles. The summed E-state index contributed by atoms with van der Waals surface area (Å²) < 4.78 is 16.2. The number of carbonyl (C=O) groups excluding carboxylic acids is 1. The fourth-order valence-electron chi connectivity index (χ4n) is 3.02. The third-order valence-electron chi connectivity index (χ3n) is 4.29. The molecule has 2 aromatic rings. The van der Waals surface area contributed by atoms with E-state index < -0.39 is 0 Å². The molecule has 124 valence electrons. The molecule has 0 aromatic carbocycles. The number of hydrogen-bond acceptors (Lipinski definition) is 5. The topological polar surface area (TPSA) is 59.1 Å². The van der Waals surface area contributed by atoms with E-state index in [9.17, 15) is 4.79 Å². The van der Waals surface area contributed by atoms with Gasteiger partial charge in [0.05, 0.1) is 37.8 Å². The zero-order valence-electron chi connectivity index (χ0n) is 13.5. The van der Waals surface area contributed by atoms with Crippen molar-refractivity contribution in [2.45, 2.75) is 31.7 Å². The highest BCUT2D eigenvalue weighted by atomic mass is 16.5. The van der Waals surface area contributed by atoms with Crippen molar-refractivity contribution in [1.82, 2.24) is 9.80 Å². The third kappa shape index (κ3) is 3.65. The molecule has 0 aliphatic carbocycles. The summed E-state index contributed by atoms with van der Waals surface area (Å²) in [4.78, 5) is 16.8. The molecular weight excluding hydrogens is 296 g/mol. The molecule has 0 N–H and O–H groups in total. The van der Waals surface area contributed by atoms with E-state index in [0.29, 0.717) is 19.5 Å². The van der Waals surface area contributed by atoms with E-state index in [1.54, 1.807) is 24.5 Å². The Hall–Kier alpha value is -2.05. The zero-order valence-corrected chi connectivity index (χ0v) is 13.5. The van der Waals surface area contributed by atoms with Gasteiger partial charge >= 0.3 is 0 Å². The normalized spacial score (nSPS) is 21.7. The Morgan fingerprint density at radius 1 is 1.26 bits per heavy atom. The van der Waals surface area contributed by atoms with Crippen LogP contribution in [0.1, 0.15) is 17.9 Å². The quantitative estimate of drug-likeness (QED) is 0.816. The summed E-state index contributed by atoms with van der Waals surface area (Å²) >= 11 is 0. The maximum atomic E-state index is 13.0. The number of nitrogens with zero attached hydrogens (tertiary/aromatic N) is 2. The molecule has 1 fully saturated rings. The number of likely N-dealkylation sites (N-methyl/N-ethyl adjacent to an activating group) is 1. The van der Waals surface area contributed by atoms with Crippen LogP contribution >= 0.6 is 0 Å².